The van der Waals surface area contributed by atoms with Gasteiger partial charge in [-0.2, -0.15) is 0 Å². The predicted octanol–water partition coefficient (Wildman–Crippen LogP) is 0.192. The highest BCUT2D eigenvalue weighted by molar-refractivity contribution is 9.10. The van der Waals surface area contributed by atoms with Crippen molar-refractivity contribution in [1.82, 2.24) is 4.98 Å². The van der Waals surface area contributed by atoms with Gasteiger partial charge in [-0.05, 0) is 28.1 Å². The maximum Gasteiger partial charge on any atom is 0.707 e. The van der Waals surface area contributed by atoms with Crippen molar-refractivity contribution in [3.05, 3.63) is 22.9 Å². The van der Waals surface area contributed by atoms with Crippen molar-refractivity contribution in [3.8, 4) is 5.75 Å². The molecule has 0 unspecified atom stereocenters. The van der Waals surface area contributed by atoms with E-state index in [2.05, 4.69) is 25.6 Å². The molecule has 0 saturated heterocycles. The Bertz CT molecular complexity index is 245. The van der Waals surface area contributed by atoms with Gasteiger partial charge >= 0.3 is 7.32 Å². The highest BCUT2D eigenvalue weighted by Crippen LogP contribution is 2.20. The van der Waals surface area contributed by atoms with Crippen LogP contribution in [0.15, 0.2) is 22.9 Å². The summed E-state index contributed by atoms with van der Waals surface area (Å²) in [5.41, 5.74) is 0. The Hall–Kier alpha value is -0.585. The Kier molecular flexibility index (Phi) is 2.87. The van der Waals surface area contributed by atoms with E-state index in [4.69, 9.17) is 10.0 Å². The normalized spacial score (nSPS) is 9.36. The molecule has 0 saturated carbocycles. The lowest BCUT2D eigenvalue weighted by Gasteiger charge is -2.04. The summed E-state index contributed by atoms with van der Waals surface area (Å²) in [6, 6.07) is 3.19. The summed E-state index contributed by atoms with van der Waals surface area (Å²) in [5, 5.41) is 16.8. The molecule has 0 atom stereocenters. The number of aromatic nitrogens is 1. The van der Waals surface area contributed by atoms with E-state index in [0.717, 1.165) is 0 Å². The molecule has 0 bridgehead atoms. The molecule has 0 spiro atoms. The zero-order valence-corrected chi connectivity index (χ0v) is 7.02. The molecule has 0 radical (unpaired) electrons. The van der Waals surface area contributed by atoms with Gasteiger partial charge in [0.1, 0.15) is 10.4 Å². The summed E-state index contributed by atoms with van der Waals surface area (Å²) in [4.78, 5) is 3.80. The van der Waals surface area contributed by atoms with E-state index in [9.17, 15) is 0 Å². The van der Waals surface area contributed by atoms with Gasteiger partial charge in [-0.1, -0.05) is 0 Å². The molecule has 6 heteroatoms. The molecule has 0 amide bonds. The summed E-state index contributed by atoms with van der Waals surface area (Å²) < 4.78 is 4.98. The zero-order chi connectivity index (χ0) is 8.27. The molecule has 1 aromatic rings. The lowest BCUT2D eigenvalue weighted by atomic mass is 10.2. The molecule has 0 aliphatic carbocycles. The van der Waals surface area contributed by atoms with Crippen molar-refractivity contribution < 1.29 is 14.7 Å². The van der Waals surface area contributed by atoms with Crippen LogP contribution in [0.25, 0.3) is 0 Å². The summed E-state index contributed by atoms with van der Waals surface area (Å²) in [6.45, 7) is 0. The second kappa shape index (κ2) is 3.70. The van der Waals surface area contributed by atoms with Crippen LogP contribution in [0.4, 0.5) is 0 Å². The largest absolute Gasteiger partial charge is 0.707 e. The molecular weight excluding hydrogens is 213 g/mol. The van der Waals surface area contributed by atoms with Gasteiger partial charge in [0.2, 0.25) is 0 Å². The molecule has 58 valence electrons. The lowest BCUT2D eigenvalue weighted by molar-refractivity contribution is 0.287. The topological polar surface area (TPSA) is 62.6 Å². The third kappa shape index (κ3) is 2.49. The minimum absolute atomic E-state index is 0.294. The third-order valence-corrected chi connectivity index (χ3v) is 1.55. The first-order valence-electron chi connectivity index (χ1n) is 2.83. The van der Waals surface area contributed by atoms with Crippen LogP contribution in [0.1, 0.15) is 0 Å². The summed E-state index contributed by atoms with van der Waals surface area (Å²) in [7, 11) is -1.81. The van der Waals surface area contributed by atoms with Crippen LogP contribution in [0.2, 0.25) is 0 Å². The van der Waals surface area contributed by atoms with E-state index in [1.165, 1.54) is 0 Å². The van der Waals surface area contributed by atoms with Crippen LogP contribution in [-0.2, 0) is 0 Å². The van der Waals surface area contributed by atoms with Gasteiger partial charge < -0.3 is 14.7 Å². The van der Waals surface area contributed by atoms with Gasteiger partial charge in [0.15, 0.2) is 0 Å². The fourth-order valence-electron chi connectivity index (χ4n) is 0.573. The Morgan fingerprint density at radius 3 is 2.82 bits per heavy atom. The highest BCUT2D eigenvalue weighted by Gasteiger charge is 2.12. The number of hydrogen-bond donors (Lipinski definition) is 2. The molecular formula is C5H5BBrNO3. The van der Waals surface area contributed by atoms with Crippen LogP contribution in [0, 0.1) is 0 Å². The second-order valence-corrected chi connectivity index (χ2v) is 2.49. The summed E-state index contributed by atoms with van der Waals surface area (Å²) in [6.07, 6.45) is 1.56. The quantitative estimate of drug-likeness (QED) is 0.549. The van der Waals surface area contributed by atoms with Gasteiger partial charge in [-0.25, -0.2) is 4.98 Å². The van der Waals surface area contributed by atoms with Crippen molar-refractivity contribution in [2.45, 2.75) is 0 Å². The number of pyridine rings is 1. The van der Waals surface area contributed by atoms with E-state index in [1.807, 2.05) is 0 Å². The number of hydrogen-bond acceptors (Lipinski definition) is 4. The van der Waals surface area contributed by atoms with Crippen LogP contribution in [0.3, 0.4) is 0 Å². The number of rotatable bonds is 2. The molecule has 2 N–H and O–H groups in total. The average Bonchev–Trinajstić information content (AvgIpc) is 1.93. The summed E-state index contributed by atoms with van der Waals surface area (Å²) >= 11 is 3.07. The second-order valence-electron chi connectivity index (χ2n) is 1.74. The van der Waals surface area contributed by atoms with Crippen molar-refractivity contribution >= 4 is 23.3 Å². The minimum Gasteiger partial charge on any atom is -0.510 e. The smallest absolute Gasteiger partial charge is 0.510 e. The van der Waals surface area contributed by atoms with Crippen molar-refractivity contribution in [2.75, 3.05) is 0 Å². The molecule has 0 aliphatic heterocycles. The van der Waals surface area contributed by atoms with Crippen LogP contribution in [-0.4, -0.2) is 22.4 Å². The molecule has 4 nitrogen and oxygen atoms in total. The molecule has 0 aromatic carbocycles. The standard InChI is InChI=1S/C5H5BBrNO3/c7-5-4(11-6(9)10)2-1-3-8-5/h1-3,9-10H. The van der Waals surface area contributed by atoms with Gasteiger partial charge in [0.05, 0.1) is 0 Å². The zero-order valence-electron chi connectivity index (χ0n) is 5.44. The van der Waals surface area contributed by atoms with Crippen LogP contribution >= 0.6 is 15.9 Å². The highest BCUT2D eigenvalue weighted by atomic mass is 79.9. The van der Waals surface area contributed by atoms with Gasteiger partial charge in [0.25, 0.3) is 0 Å². The Labute approximate surface area is 72.1 Å². The van der Waals surface area contributed by atoms with E-state index >= 15 is 0 Å². The molecule has 1 aromatic heterocycles. The average molecular weight is 218 g/mol. The maximum absolute atomic E-state index is 8.41. The van der Waals surface area contributed by atoms with E-state index < -0.39 is 7.32 Å². The Morgan fingerprint density at radius 1 is 1.55 bits per heavy atom. The molecule has 1 heterocycles. The van der Waals surface area contributed by atoms with Gasteiger partial charge in [0, 0.05) is 6.20 Å². The SMILES string of the molecule is OB(O)Oc1cccnc1Br. The Balaban J connectivity index is 2.78. The molecule has 1 rings (SSSR count). The molecule has 11 heavy (non-hydrogen) atoms. The third-order valence-electron chi connectivity index (χ3n) is 0.957. The summed E-state index contributed by atoms with van der Waals surface area (Å²) in [5.74, 6) is 0.294. The molecule has 0 fully saturated rings. The van der Waals surface area contributed by atoms with Gasteiger partial charge in [-0.3, -0.25) is 0 Å². The maximum atomic E-state index is 8.41. The fraction of sp³-hybridized carbons (Fsp3) is 0. The van der Waals surface area contributed by atoms with Gasteiger partial charge in [-0.15, -0.1) is 0 Å². The first-order valence-corrected chi connectivity index (χ1v) is 3.63. The number of halogens is 1. The first-order chi connectivity index (χ1) is 5.20. The van der Waals surface area contributed by atoms with Crippen LogP contribution < -0.4 is 4.65 Å². The minimum atomic E-state index is -1.81. The van der Waals surface area contributed by atoms with Crippen molar-refractivity contribution in [2.24, 2.45) is 0 Å². The Morgan fingerprint density at radius 2 is 2.27 bits per heavy atom. The first kappa shape index (κ1) is 8.51. The van der Waals surface area contributed by atoms with Crippen molar-refractivity contribution in [1.29, 1.82) is 0 Å². The predicted molar refractivity (Wildman–Crippen MR) is 42.8 cm³/mol. The lowest BCUT2D eigenvalue weighted by Crippen LogP contribution is -2.20. The van der Waals surface area contributed by atoms with Crippen LogP contribution in [0.5, 0.6) is 5.75 Å². The van der Waals surface area contributed by atoms with Crippen molar-refractivity contribution in [3.63, 3.8) is 0 Å². The van der Waals surface area contributed by atoms with E-state index in [0.29, 0.717) is 10.4 Å². The fourth-order valence-corrected chi connectivity index (χ4v) is 0.917. The van der Waals surface area contributed by atoms with E-state index in [1.54, 1.807) is 18.3 Å². The monoisotopic (exact) mass is 217 g/mol. The van der Waals surface area contributed by atoms with E-state index in [-0.39, 0.29) is 0 Å². The molecule has 0 aliphatic rings. The number of nitrogens with zero attached hydrogens (tertiary/aromatic N) is 1.